The van der Waals surface area contributed by atoms with Crippen LogP contribution in [0.15, 0.2) is 54.6 Å². The number of amides is 2. The van der Waals surface area contributed by atoms with Crippen molar-refractivity contribution in [3.63, 3.8) is 0 Å². The van der Waals surface area contributed by atoms with Gasteiger partial charge >= 0.3 is 0 Å². The van der Waals surface area contributed by atoms with Gasteiger partial charge in [-0.15, -0.1) is 0 Å². The monoisotopic (exact) mass is 410 g/mol. The number of nitrogen functional groups attached to an aromatic ring is 1. The van der Waals surface area contributed by atoms with Crippen LogP contribution in [0, 0.1) is 0 Å². The second-order valence-corrected chi connectivity index (χ2v) is 7.46. The molecule has 0 spiro atoms. The number of anilines is 1. The Bertz CT molecular complexity index is 789. The van der Waals surface area contributed by atoms with E-state index in [0.717, 1.165) is 31.6 Å². The molecular formula is C24H34N4O2. The molecule has 0 fully saturated rings. The molecule has 6 heteroatoms. The lowest BCUT2D eigenvalue weighted by Crippen LogP contribution is -2.42. The fraction of sp³-hybridized carbons (Fsp3) is 0.417. The SMILES string of the molecule is CCN(CC)CCCN(CC(=O)N(C)Cc1ccccc1)C(=O)c1ccc(N)cc1. The highest BCUT2D eigenvalue weighted by Gasteiger charge is 2.21. The van der Waals surface area contributed by atoms with Crippen LogP contribution < -0.4 is 5.73 Å². The minimum absolute atomic E-state index is 0.0603. The average molecular weight is 411 g/mol. The van der Waals surface area contributed by atoms with Gasteiger partial charge in [0.25, 0.3) is 5.91 Å². The summed E-state index contributed by atoms with van der Waals surface area (Å²) >= 11 is 0. The molecule has 2 rings (SSSR count). The molecule has 0 radical (unpaired) electrons. The summed E-state index contributed by atoms with van der Waals surface area (Å²) in [6.07, 6.45) is 0.818. The van der Waals surface area contributed by atoms with Crippen molar-refractivity contribution in [2.45, 2.75) is 26.8 Å². The van der Waals surface area contributed by atoms with E-state index in [0.29, 0.717) is 24.3 Å². The lowest BCUT2D eigenvalue weighted by atomic mass is 10.1. The molecule has 30 heavy (non-hydrogen) atoms. The first-order valence-corrected chi connectivity index (χ1v) is 10.6. The summed E-state index contributed by atoms with van der Waals surface area (Å²) in [5.74, 6) is -0.221. The third kappa shape index (κ3) is 7.19. The summed E-state index contributed by atoms with van der Waals surface area (Å²) in [6, 6.07) is 16.7. The van der Waals surface area contributed by atoms with Gasteiger partial charge in [-0.3, -0.25) is 9.59 Å². The highest BCUT2D eigenvalue weighted by atomic mass is 16.2. The predicted molar refractivity (Wildman–Crippen MR) is 122 cm³/mol. The number of carbonyl (C=O) groups excluding carboxylic acids is 2. The Morgan fingerprint density at radius 2 is 1.53 bits per heavy atom. The van der Waals surface area contributed by atoms with E-state index in [1.54, 1.807) is 41.1 Å². The first-order chi connectivity index (χ1) is 14.4. The first kappa shape index (κ1) is 23.4. The number of carbonyl (C=O) groups is 2. The Labute approximate surface area is 180 Å². The standard InChI is InChI=1S/C24H34N4O2/c1-4-27(5-2)16-9-17-28(24(30)21-12-14-22(25)15-13-21)19-23(29)26(3)18-20-10-7-6-8-11-20/h6-8,10-15H,4-5,9,16-19,25H2,1-3H3. The Morgan fingerprint density at radius 1 is 0.900 bits per heavy atom. The van der Waals surface area contributed by atoms with Crippen molar-refractivity contribution in [3.05, 3.63) is 65.7 Å². The number of hydrogen-bond acceptors (Lipinski definition) is 4. The molecule has 6 nitrogen and oxygen atoms in total. The molecule has 2 amide bonds. The van der Waals surface area contributed by atoms with E-state index in [-0.39, 0.29) is 18.4 Å². The number of likely N-dealkylation sites (N-methyl/N-ethyl adjacent to an activating group) is 1. The zero-order valence-electron chi connectivity index (χ0n) is 18.4. The van der Waals surface area contributed by atoms with E-state index >= 15 is 0 Å². The highest BCUT2D eigenvalue weighted by Crippen LogP contribution is 2.11. The normalized spacial score (nSPS) is 10.8. The molecular weight excluding hydrogens is 376 g/mol. The molecule has 2 N–H and O–H groups in total. The number of nitrogens with two attached hydrogens (primary N) is 1. The van der Waals surface area contributed by atoms with Crippen molar-refractivity contribution in [2.24, 2.45) is 0 Å². The molecule has 0 atom stereocenters. The maximum absolute atomic E-state index is 13.1. The van der Waals surface area contributed by atoms with Crippen LogP contribution in [-0.2, 0) is 11.3 Å². The molecule has 0 unspecified atom stereocenters. The molecule has 0 saturated carbocycles. The molecule has 0 saturated heterocycles. The summed E-state index contributed by atoms with van der Waals surface area (Å²) in [5, 5.41) is 0. The molecule has 0 aliphatic rings. The van der Waals surface area contributed by atoms with E-state index in [1.807, 2.05) is 30.3 Å². The van der Waals surface area contributed by atoms with Crippen molar-refractivity contribution < 1.29 is 9.59 Å². The zero-order valence-corrected chi connectivity index (χ0v) is 18.4. The van der Waals surface area contributed by atoms with E-state index in [9.17, 15) is 9.59 Å². The predicted octanol–water partition coefficient (Wildman–Crippen LogP) is 3.10. The summed E-state index contributed by atoms with van der Waals surface area (Å²) in [4.78, 5) is 31.6. The van der Waals surface area contributed by atoms with Crippen molar-refractivity contribution in [3.8, 4) is 0 Å². The van der Waals surface area contributed by atoms with Gasteiger partial charge in [0.15, 0.2) is 0 Å². The Morgan fingerprint density at radius 3 is 2.13 bits per heavy atom. The van der Waals surface area contributed by atoms with Crippen LogP contribution in [0.4, 0.5) is 5.69 Å². The Hall–Kier alpha value is -2.86. The number of benzene rings is 2. The molecule has 0 heterocycles. The van der Waals surface area contributed by atoms with Gasteiger partial charge in [-0.05, 0) is 55.9 Å². The van der Waals surface area contributed by atoms with E-state index < -0.39 is 0 Å². The van der Waals surface area contributed by atoms with Gasteiger partial charge in [-0.25, -0.2) is 0 Å². The second-order valence-electron chi connectivity index (χ2n) is 7.46. The molecule has 0 aromatic heterocycles. The van der Waals surface area contributed by atoms with Gasteiger partial charge in [0.1, 0.15) is 6.54 Å². The van der Waals surface area contributed by atoms with Crippen molar-refractivity contribution in [1.29, 1.82) is 0 Å². The molecule has 0 aliphatic carbocycles. The van der Waals surface area contributed by atoms with Crippen LogP contribution in [0.1, 0.15) is 36.2 Å². The lowest BCUT2D eigenvalue weighted by Gasteiger charge is -2.27. The molecule has 2 aromatic carbocycles. The van der Waals surface area contributed by atoms with E-state index in [2.05, 4.69) is 18.7 Å². The largest absolute Gasteiger partial charge is 0.399 e. The fourth-order valence-electron chi connectivity index (χ4n) is 3.32. The third-order valence-corrected chi connectivity index (χ3v) is 5.26. The lowest BCUT2D eigenvalue weighted by molar-refractivity contribution is -0.131. The van der Waals surface area contributed by atoms with Crippen LogP contribution in [0.3, 0.4) is 0 Å². The summed E-state index contributed by atoms with van der Waals surface area (Å²) < 4.78 is 0. The number of rotatable bonds is 11. The Balaban J connectivity index is 2.06. The van der Waals surface area contributed by atoms with Gasteiger partial charge in [0.05, 0.1) is 0 Å². The average Bonchev–Trinajstić information content (AvgIpc) is 2.76. The smallest absolute Gasteiger partial charge is 0.254 e. The second kappa shape index (κ2) is 12.0. The van der Waals surface area contributed by atoms with Gasteiger partial charge in [-0.1, -0.05) is 44.2 Å². The van der Waals surface area contributed by atoms with Crippen LogP contribution in [-0.4, -0.2) is 66.3 Å². The summed E-state index contributed by atoms with van der Waals surface area (Å²) in [7, 11) is 1.77. The fourth-order valence-corrected chi connectivity index (χ4v) is 3.32. The third-order valence-electron chi connectivity index (χ3n) is 5.26. The van der Waals surface area contributed by atoms with Gasteiger partial charge in [0, 0.05) is 31.4 Å². The van der Waals surface area contributed by atoms with E-state index in [1.165, 1.54) is 0 Å². The van der Waals surface area contributed by atoms with Gasteiger partial charge < -0.3 is 20.4 Å². The van der Waals surface area contributed by atoms with Crippen molar-refractivity contribution >= 4 is 17.5 Å². The first-order valence-electron chi connectivity index (χ1n) is 10.6. The van der Waals surface area contributed by atoms with Crippen molar-refractivity contribution in [1.82, 2.24) is 14.7 Å². The van der Waals surface area contributed by atoms with E-state index in [4.69, 9.17) is 5.73 Å². The summed E-state index contributed by atoms with van der Waals surface area (Å²) in [6.45, 7) is 8.21. The van der Waals surface area contributed by atoms with Crippen LogP contribution in [0.5, 0.6) is 0 Å². The summed E-state index contributed by atoms with van der Waals surface area (Å²) in [5.41, 5.74) is 7.97. The minimum atomic E-state index is -0.143. The maximum Gasteiger partial charge on any atom is 0.254 e. The molecule has 0 aliphatic heterocycles. The molecule has 2 aromatic rings. The Kier molecular flexibility index (Phi) is 9.35. The minimum Gasteiger partial charge on any atom is -0.399 e. The van der Waals surface area contributed by atoms with Crippen LogP contribution >= 0.6 is 0 Å². The number of hydrogen-bond donors (Lipinski definition) is 1. The molecule has 0 bridgehead atoms. The number of nitrogens with zero attached hydrogens (tertiary/aromatic N) is 3. The topological polar surface area (TPSA) is 69.9 Å². The van der Waals surface area contributed by atoms with Crippen LogP contribution in [0.2, 0.25) is 0 Å². The van der Waals surface area contributed by atoms with Crippen LogP contribution in [0.25, 0.3) is 0 Å². The van der Waals surface area contributed by atoms with Gasteiger partial charge in [0.2, 0.25) is 5.91 Å². The molecule has 162 valence electrons. The quantitative estimate of drug-likeness (QED) is 0.578. The van der Waals surface area contributed by atoms with Gasteiger partial charge in [-0.2, -0.15) is 0 Å². The zero-order chi connectivity index (χ0) is 21.9. The maximum atomic E-state index is 13.1. The highest BCUT2D eigenvalue weighted by molar-refractivity contribution is 5.96. The van der Waals surface area contributed by atoms with Crippen molar-refractivity contribution in [2.75, 3.05) is 45.5 Å².